The van der Waals surface area contributed by atoms with Gasteiger partial charge < -0.3 is 54.8 Å². The first-order valence-corrected chi connectivity index (χ1v) is 1.22. The molecule has 0 radical (unpaired) electrons. The van der Waals surface area contributed by atoms with Gasteiger partial charge in [-0.1, -0.05) is 0 Å². The minimum atomic E-state index is -2.33. The fraction of sp³-hybridized carbons (Fsp3) is 0. The summed E-state index contributed by atoms with van der Waals surface area (Å²) in [4.78, 5) is 16.7. The van der Waals surface area contributed by atoms with Gasteiger partial charge in [-0.15, -0.1) is 0 Å². The molecular formula is C2Ca3Cl2O6. The van der Waals surface area contributed by atoms with Crippen molar-refractivity contribution < 1.29 is 54.8 Å². The van der Waals surface area contributed by atoms with Gasteiger partial charge in [0.25, 0.3) is 0 Å². The first-order chi connectivity index (χ1) is 3.46. The number of hydrogen-bond acceptors (Lipinski definition) is 6. The van der Waals surface area contributed by atoms with Crippen LogP contribution in [-0.4, -0.2) is 126 Å². The van der Waals surface area contributed by atoms with Gasteiger partial charge in [-0.25, -0.2) is 0 Å². The maximum Gasteiger partial charge on any atom is 2.00 e. The number of carbonyl (C=O) groups is 2. The molecule has 64 valence electrons. The summed E-state index contributed by atoms with van der Waals surface area (Å²) in [5, 5.41) is 33.3. The molecule has 0 rings (SSSR count). The van der Waals surface area contributed by atoms with Crippen LogP contribution in [0.15, 0.2) is 0 Å². The average Bonchev–Trinajstić information content (AvgIpc) is 1.25. The van der Waals surface area contributed by atoms with Gasteiger partial charge in [-0.05, 0) is 12.3 Å². The van der Waals surface area contributed by atoms with Crippen molar-refractivity contribution in [2.45, 2.75) is 0 Å². The summed E-state index contributed by atoms with van der Waals surface area (Å²) in [7, 11) is 0. The first-order valence-electron chi connectivity index (χ1n) is 1.22. The Kier molecular flexibility index (Phi) is 125. The van der Waals surface area contributed by atoms with Crippen molar-refractivity contribution in [2.24, 2.45) is 0 Å². The fourth-order valence-corrected chi connectivity index (χ4v) is 0. The molecular weight excluding hydrogens is 311 g/mol. The molecule has 0 aromatic heterocycles. The zero-order chi connectivity index (χ0) is 7.15. The Bertz CT molecular complexity index is 81.9. The minimum Gasteiger partial charge on any atom is -1.00 e. The zero-order valence-electron chi connectivity index (χ0n) is 6.33. The second-order valence-corrected chi connectivity index (χ2v) is 0.500. The van der Waals surface area contributed by atoms with Gasteiger partial charge in [0.1, 0.15) is 0 Å². The summed E-state index contributed by atoms with van der Waals surface area (Å²) in [6.45, 7) is 0. The maximum absolute atomic E-state index is 8.33. The van der Waals surface area contributed by atoms with Crippen molar-refractivity contribution in [3.05, 3.63) is 0 Å². The molecule has 6 nitrogen and oxygen atoms in total. The summed E-state index contributed by atoms with van der Waals surface area (Å²) >= 11 is 0. The Morgan fingerprint density at radius 3 is 0.615 bits per heavy atom. The van der Waals surface area contributed by atoms with Crippen LogP contribution in [0.3, 0.4) is 0 Å². The third-order valence-corrected chi connectivity index (χ3v) is 0. The third kappa shape index (κ3) is 295. The second kappa shape index (κ2) is 36.3. The fourth-order valence-electron chi connectivity index (χ4n) is 0. The predicted molar refractivity (Wildman–Crippen MR) is 28.1 cm³/mol. The molecule has 0 bridgehead atoms. The molecule has 0 aromatic carbocycles. The standard InChI is InChI=1S/2CH2O3.3Ca.2ClH/c2*2-1(3)4;;;;;/h2*(H2,2,3,4);;;;2*1H/q;;3*+2;;/p-6. The van der Waals surface area contributed by atoms with E-state index in [2.05, 4.69) is 0 Å². The molecule has 0 heterocycles. The van der Waals surface area contributed by atoms with Gasteiger partial charge in [0.05, 0.1) is 0 Å². The molecule has 0 aromatic rings. The van der Waals surface area contributed by atoms with Crippen molar-refractivity contribution in [3.8, 4) is 0 Å². The van der Waals surface area contributed by atoms with E-state index in [0.717, 1.165) is 0 Å². The van der Waals surface area contributed by atoms with Gasteiger partial charge in [-0.2, -0.15) is 0 Å². The van der Waals surface area contributed by atoms with Crippen LogP contribution in [0.25, 0.3) is 0 Å². The van der Waals surface area contributed by atoms with Crippen LogP contribution in [0.1, 0.15) is 0 Å². The molecule has 0 N–H and O–H groups in total. The quantitative estimate of drug-likeness (QED) is 0.409. The number of carboxylic acid groups (broad SMARTS) is 4. The van der Waals surface area contributed by atoms with Gasteiger partial charge in [0.2, 0.25) is 0 Å². The van der Waals surface area contributed by atoms with Crippen LogP contribution < -0.4 is 45.2 Å². The summed E-state index contributed by atoms with van der Waals surface area (Å²) in [6.07, 6.45) is -4.67. The largest absolute Gasteiger partial charge is 2.00 e. The smallest absolute Gasteiger partial charge is 1.00 e. The van der Waals surface area contributed by atoms with E-state index in [1.165, 1.54) is 0 Å². The van der Waals surface area contributed by atoms with Crippen molar-refractivity contribution in [1.29, 1.82) is 0 Å². The summed E-state index contributed by atoms with van der Waals surface area (Å²) < 4.78 is 0. The van der Waals surface area contributed by atoms with E-state index < -0.39 is 12.3 Å². The van der Waals surface area contributed by atoms with Crippen molar-refractivity contribution in [3.63, 3.8) is 0 Å². The molecule has 0 saturated carbocycles. The molecule has 0 fully saturated rings. The summed E-state index contributed by atoms with van der Waals surface area (Å²) in [6, 6.07) is 0. The minimum absolute atomic E-state index is 0. The van der Waals surface area contributed by atoms with E-state index in [-0.39, 0.29) is 138 Å². The molecule has 0 spiro atoms. The van der Waals surface area contributed by atoms with E-state index in [1.54, 1.807) is 0 Å². The zero-order valence-corrected chi connectivity index (χ0v) is 14.5. The Hall–Kier alpha value is 2.90. The summed E-state index contributed by atoms with van der Waals surface area (Å²) in [5.41, 5.74) is 0. The number of carbonyl (C=O) groups excluding carboxylic acids is 2. The number of hydrogen-bond donors (Lipinski definition) is 0. The average molecular weight is 311 g/mol. The van der Waals surface area contributed by atoms with Crippen molar-refractivity contribution in [1.82, 2.24) is 0 Å². The molecule has 0 aliphatic heterocycles. The topological polar surface area (TPSA) is 126 Å². The van der Waals surface area contributed by atoms with Gasteiger partial charge in [0, 0.05) is 0 Å². The van der Waals surface area contributed by atoms with Crippen LogP contribution in [0, 0.1) is 0 Å². The normalized spacial score (nSPS) is 3.69. The Morgan fingerprint density at radius 2 is 0.615 bits per heavy atom. The third-order valence-electron chi connectivity index (χ3n) is 0. The van der Waals surface area contributed by atoms with Gasteiger partial charge in [-0.3, -0.25) is 0 Å². The molecule has 0 saturated heterocycles. The van der Waals surface area contributed by atoms with E-state index in [4.69, 9.17) is 30.0 Å². The van der Waals surface area contributed by atoms with Crippen LogP contribution in [0.5, 0.6) is 0 Å². The maximum atomic E-state index is 8.33. The van der Waals surface area contributed by atoms with Crippen molar-refractivity contribution >= 4 is 126 Å². The second-order valence-electron chi connectivity index (χ2n) is 0.500. The molecule has 11 heteroatoms. The van der Waals surface area contributed by atoms with Gasteiger partial charge >= 0.3 is 113 Å². The van der Waals surface area contributed by atoms with E-state index in [1.807, 2.05) is 0 Å². The molecule has 13 heavy (non-hydrogen) atoms. The summed E-state index contributed by atoms with van der Waals surface area (Å²) in [5.74, 6) is 0. The van der Waals surface area contributed by atoms with Gasteiger partial charge in [0.15, 0.2) is 0 Å². The number of rotatable bonds is 0. The molecule has 0 aliphatic carbocycles. The number of halogens is 2. The van der Waals surface area contributed by atoms with Crippen LogP contribution in [-0.2, 0) is 0 Å². The van der Waals surface area contributed by atoms with Crippen LogP contribution >= 0.6 is 0 Å². The van der Waals surface area contributed by atoms with Crippen molar-refractivity contribution in [2.75, 3.05) is 0 Å². The van der Waals surface area contributed by atoms with E-state index >= 15 is 0 Å². The van der Waals surface area contributed by atoms with Crippen LogP contribution in [0.2, 0.25) is 0 Å². The monoisotopic (exact) mass is 310 g/mol. The van der Waals surface area contributed by atoms with Crippen LogP contribution in [0.4, 0.5) is 9.59 Å². The Morgan fingerprint density at radius 1 is 0.615 bits per heavy atom. The Labute approximate surface area is 176 Å². The first kappa shape index (κ1) is 44.6. The molecule has 0 atom stereocenters. The van der Waals surface area contributed by atoms with E-state index in [9.17, 15) is 0 Å². The molecule has 0 amide bonds. The molecule has 0 aliphatic rings. The SMILES string of the molecule is O=C([O-])[O-].O=C([O-])[O-].[Ca+2].[Ca+2].[Ca+2].[Cl-].[Cl-]. The van der Waals surface area contributed by atoms with E-state index in [0.29, 0.717) is 0 Å². The predicted octanol–water partition coefficient (Wildman–Crippen LogP) is -12.0. The molecule has 0 unspecified atom stereocenters. The Balaban J connectivity index is -0.00000000800.